The van der Waals surface area contributed by atoms with Gasteiger partial charge in [0.25, 0.3) is 0 Å². The molecule has 0 nitrogen and oxygen atoms in total. The summed E-state index contributed by atoms with van der Waals surface area (Å²) in [5.74, 6) is -0.412. The van der Waals surface area contributed by atoms with Gasteiger partial charge in [0.05, 0.1) is 5.56 Å². The van der Waals surface area contributed by atoms with Gasteiger partial charge in [-0.1, -0.05) is 49.4 Å². The van der Waals surface area contributed by atoms with Crippen molar-refractivity contribution in [3.05, 3.63) is 71.5 Å². The van der Waals surface area contributed by atoms with Gasteiger partial charge >= 0.3 is 6.18 Å². The zero-order chi connectivity index (χ0) is 16.6. The lowest BCUT2D eigenvalue weighted by Gasteiger charge is -2.10. The molecule has 4 heteroatoms. The maximum Gasteiger partial charge on any atom is 0.416 e. The first-order chi connectivity index (χ1) is 10.9. The van der Waals surface area contributed by atoms with E-state index in [-0.39, 0.29) is 0 Å². The van der Waals surface area contributed by atoms with Gasteiger partial charge in [-0.05, 0) is 35.1 Å². The Kier molecular flexibility index (Phi) is 3.84. The third-order valence-electron chi connectivity index (χ3n) is 3.95. The fourth-order valence-electron chi connectivity index (χ4n) is 2.62. The van der Waals surface area contributed by atoms with Crippen molar-refractivity contribution in [1.82, 2.24) is 0 Å². The van der Waals surface area contributed by atoms with Crippen LogP contribution in [-0.4, -0.2) is 0 Å². The van der Waals surface area contributed by atoms with Crippen LogP contribution in [-0.2, 0) is 12.6 Å². The fraction of sp³-hybridized carbons (Fsp3) is 0.158. The van der Waals surface area contributed by atoms with Crippen LogP contribution >= 0.6 is 0 Å². The van der Waals surface area contributed by atoms with Crippen molar-refractivity contribution in [2.45, 2.75) is 19.5 Å². The highest BCUT2D eigenvalue weighted by Gasteiger charge is 2.30. The van der Waals surface area contributed by atoms with E-state index < -0.39 is 17.6 Å². The van der Waals surface area contributed by atoms with Gasteiger partial charge in [-0.15, -0.1) is 0 Å². The Hall–Kier alpha value is -2.36. The fourth-order valence-corrected chi connectivity index (χ4v) is 2.62. The van der Waals surface area contributed by atoms with Crippen LogP contribution in [0, 0.1) is 5.82 Å². The lowest BCUT2D eigenvalue weighted by atomic mass is 9.98. The second kappa shape index (κ2) is 5.69. The van der Waals surface area contributed by atoms with E-state index in [1.54, 1.807) is 18.2 Å². The van der Waals surface area contributed by atoms with Crippen molar-refractivity contribution in [3.63, 3.8) is 0 Å². The minimum absolute atomic E-state index is 0.301. The van der Waals surface area contributed by atoms with Crippen LogP contribution in [0.1, 0.15) is 18.1 Å². The maximum absolute atomic E-state index is 14.7. The highest BCUT2D eigenvalue weighted by Crippen LogP contribution is 2.33. The molecule has 0 N–H and O–H groups in total. The molecule has 3 rings (SSSR count). The van der Waals surface area contributed by atoms with Crippen LogP contribution in [0.4, 0.5) is 17.6 Å². The molecule has 0 atom stereocenters. The highest BCUT2D eigenvalue weighted by molar-refractivity contribution is 5.88. The van der Waals surface area contributed by atoms with Gasteiger partial charge in [-0.2, -0.15) is 13.2 Å². The van der Waals surface area contributed by atoms with Gasteiger partial charge in [0.15, 0.2) is 0 Å². The van der Waals surface area contributed by atoms with Crippen molar-refractivity contribution < 1.29 is 17.6 Å². The quantitative estimate of drug-likeness (QED) is 0.492. The largest absolute Gasteiger partial charge is 0.416 e. The summed E-state index contributed by atoms with van der Waals surface area (Å²) in [6.45, 7) is 2.02. The van der Waals surface area contributed by atoms with Crippen LogP contribution in [0.5, 0.6) is 0 Å². The van der Waals surface area contributed by atoms with Gasteiger partial charge in [-0.25, -0.2) is 4.39 Å². The Labute approximate surface area is 131 Å². The third kappa shape index (κ3) is 2.93. The van der Waals surface area contributed by atoms with E-state index in [0.29, 0.717) is 16.5 Å². The SMILES string of the molecule is CCc1ccc2c(F)c(-c3ccc(C(F)(F)F)cc3)ccc2c1. The third-order valence-corrected chi connectivity index (χ3v) is 3.95. The van der Waals surface area contributed by atoms with Crippen molar-refractivity contribution >= 4 is 10.8 Å². The van der Waals surface area contributed by atoms with Crippen LogP contribution < -0.4 is 0 Å². The molecule has 0 saturated carbocycles. The number of aryl methyl sites for hydroxylation is 1. The Morgan fingerprint density at radius 3 is 2.17 bits per heavy atom. The molecule has 0 fully saturated rings. The van der Waals surface area contributed by atoms with E-state index in [9.17, 15) is 17.6 Å². The molecule has 0 aromatic heterocycles. The van der Waals surface area contributed by atoms with Crippen molar-refractivity contribution in [1.29, 1.82) is 0 Å². The smallest absolute Gasteiger partial charge is 0.206 e. The Morgan fingerprint density at radius 2 is 1.57 bits per heavy atom. The van der Waals surface area contributed by atoms with Gasteiger partial charge in [0.2, 0.25) is 0 Å². The van der Waals surface area contributed by atoms with Gasteiger partial charge in [0.1, 0.15) is 5.82 Å². The predicted octanol–water partition coefficient (Wildman–Crippen LogP) is 6.23. The second-order valence-electron chi connectivity index (χ2n) is 5.41. The number of rotatable bonds is 2. The Morgan fingerprint density at radius 1 is 0.870 bits per heavy atom. The van der Waals surface area contributed by atoms with Crippen molar-refractivity contribution in [3.8, 4) is 11.1 Å². The summed E-state index contributed by atoms with van der Waals surface area (Å²) in [5, 5.41) is 1.26. The molecule has 0 unspecified atom stereocenters. The summed E-state index contributed by atoms with van der Waals surface area (Å²) < 4.78 is 52.5. The standard InChI is InChI=1S/C19H14F4/c1-2-12-3-9-17-14(11-12)6-10-16(18(17)20)13-4-7-15(8-5-13)19(21,22)23/h3-11H,2H2,1H3. The molecular weight excluding hydrogens is 304 g/mol. The first-order valence-electron chi connectivity index (χ1n) is 7.29. The van der Waals surface area contributed by atoms with E-state index in [4.69, 9.17) is 0 Å². The molecule has 3 aromatic rings. The average Bonchev–Trinajstić information content (AvgIpc) is 2.54. The van der Waals surface area contributed by atoms with Crippen LogP contribution in [0.15, 0.2) is 54.6 Å². The molecule has 0 saturated heterocycles. The number of benzene rings is 3. The van der Waals surface area contributed by atoms with Crippen LogP contribution in [0.3, 0.4) is 0 Å². The molecule has 118 valence electrons. The van der Waals surface area contributed by atoms with E-state index >= 15 is 0 Å². The predicted molar refractivity (Wildman–Crippen MR) is 83.7 cm³/mol. The highest BCUT2D eigenvalue weighted by atomic mass is 19.4. The molecule has 0 aliphatic rings. The number of halogens is 4. The number of hydrogen-bond donors (Lipinski definition) is 0. The molecule has 0 aliphatic carbocycles. The van der Waals surface area contributed by atoms with Gasteiger partial charge in [0, 0.05) is 10.9 Å². The zero-order valence-electron chi connectivity index (χ0n) is 12.4. The molecule has 0 spiro atoms. The summed E-state index contributed by atoms with van der Waals surface area (Å²) in [4.78, 5) is 0. The van der Waals surface area contributed by atoms with E-state index in [0.717, 1.165) is 29.5 Å². The van der Waals surface area contributed by atoms with Gasteiger partial charge in [-0.3, -0.25) is 0 Å². The minimum atomic E-state index is -4.39. The lowest BCUT2D eigenvalue weighted by Crippen LogP contribution is -2.04. The zero-order valence-corrected chi connectivity index (χ0v) is 12.4. The summed E-state index contributed by atoms with van der Waals surface area (Å²) in [6.07, 6.45) is -3.53. The number of fused-ring (bicyclic) bond motifs is 1. The molecule has 3 aromatic carbocycles. The first-order valence-corrected chi connectivity index (χ1v) is 7.29. The first kappa shape index (κ1) is 15.5. The lowest BCUT2D eigenvalue weighted by molar-refractivity contribution is -0.137. The normalized spacial score (nSPS) is 11.9. The van der Waals surface area contributed by atoms with Crippen molar-refractivity contribution in [2.75, 3.05) is 0 Å². The second-order valence-corrected chi connectivity index (χ2v) is 5.41. The van der Waals surface area contributed by atoms with Crippen LogP contribution in [0.25, 0.3) is 21.9 Å². The molecular formula is C19H14F4. The molecule has 0 bridgehead atoms. The van der Waals surface area contributed by atoms with Gasteiger partial charge < -0.3 is 0 Å². The summed E-state index contributed by atoms with van der Waals surface area (Å²) in [7, 11) is 0. The van der Waals surface area contributed by atoms with E-state index in [2.05, 4.69) is 0 Å². The summed E-state index contributed by atoms with van der Waals surface area (Å²) >= 11 is 0. The molecule has 23 heavy (non-hydrogen) atoms. The minimum Gasteiger partial charge on any atom is -0.206 e. The molecule has 0 aliphatic heterocycles. The Bertz CT molecular complexity index is 846. The van der Waals surface area contributed by atoms with E-state index in [1.165, 1.54) is 12.1 Å². The van der Waals surface area contributed by atoms with Crippen LogP contribution in [0.2, 0.25) is 0 Å². The Balaban J connectivity index is 2.08. The molecule has 0 heterocycles. The topological polar surface area (TPSA) is 0 Å². The maximum atomic E-state index is 14.7. The summed E-state index contributed by atoms with van der Waals surface area (Å²) in [6, 6.07) is 13.5. The number of hydrogen-bond acceptors (Lipinski definition) is 0. The van der Waals surface area contributed by atoms with E-state index in [1.807, 2.05) is 19.1 Å². The summed E-state index contributed by atoms with van der Waals surface area (Å²) in [5.41, 5.74) is 1.10. The molecule has 0 amide bonds. The number of alkyl halides is 3. The van der Waals surface area contributed by atoms with Crippen molar-refractivity contribution in [2.24, 2.45) is 0 Å². The average molecular weight is 318 g/mol. The monoisotopic (exact) mass is 318 g/mol. The molecule has 0 radical (unpaired) electrons.